The van der Waals surface area contributed by atoms with Gasteiger partial charge in [0.15, 0.2) is 21.7 Å². The summed E-state index contributed by atoms with van der Waals surface area (Å²) in [5.41, 5.74) is 11.6. The van der Waals surface area contributed by atoms with E-state index >= 15 is 0 Å². The fourth-order valence-corrected chi connectivity index (χ4v) is 10.7. The van der Waals surface area contributed by atoms with E-state index in [2.05, 4.69) is 57.9 Å². The molecule has 26 nitrogen and oxygen atoms in total. The number of carboxylic acid groups (broad SMARTS) is 3. The van der Waals surface area contributed by atoms with E-state index in [1.54, 1.807) is 12.4 Å². The molecule has 0 aromatic carbocycles. The maximum atomic E-state index is 12.9. The monoisotopic (exact) mass is 964 g/mol. The van der Waals surface area contributed by atoms with Crippen molar-refractivity contribution in [3.63, 3.8) is 0 Å². The molecule has 4 amide bonds. The summed E-state index contributed by atoms with van der Waals surface area (Å²) in [5.74, 6) is -5.49. The Hall–Kier alpha value is -6.57. The summed E-state index contributed by atoms with van der Waals surface area (Å²) in [7, 11) is 2.95. The fourth-order valence-electron chi connectivity index (χ4n) is 5.95. The topological polar surface area (TPSA) is 375 Å². The van der Waals surface area contributed by atoms with E-state index in [4.69, 9.17) is 21.4 Å². The third-order valence-corrected chi connectivity index (χ3v) is 13.8. The molecule has 2 fully saturated rings. The van der Waals surface area contributed by atoms with Gasteiger partial charge in [0.2, 0.25) is 11.8 Å². The highest BCUT2D eigenvalue weighted by atomic mass is 32.2. The zero-order valence-corrected chi connectivity index (χ0v) is 36.3. The van der Waals surface area contributed by atoms with Gasteiger partial charge in [-0.1, -0.05) is 34.7 Å². The summed E-state index contributed by atoms with van der Waals surface area (Å²) in [5, 5.41) is 54.0. The van der Waals surface area contributed by atoms with Crippen molar-refractivity contribution in [3.05, 3.63) is 57.3 Å². The summed E-state index contributed by atoms with van der Waals surface area (Å²) >= 11 is 6.05. The van der Waals surface area contributed by atoms with Crippen molar-refractivity contribution in [3.8, 4) is 0 Å². The predicted octanol–water partition coefficient (Wildman–Crippen LogP) is -1.41. The molecule has 0 saturated carbocycles. The second kappa shape index (κ2) is 19.6. The number of thioether (sulfide) groups is 3. The van der Waals surface area contributed by atoms with E-state index in [1.807, 2.05) is 0 Å². The Bertz CT molecular complexity index is 2520. The third-order valence-electron chi connectivity index (χ3n) is 8.71. The molecule has 0 aliphatic carbocycles. The number of hydrogen-bond acceptors (Lipinski definition) is 23. The number of fused-ring (bicyclic) bond motifs is 2. The van der Waals surface area contributed by atoms with Crippen molar-refractivity contribution in [2.45, 2.75) is 28.0 Å². The number of aryl methyl sites for hydroxylation is 1. The van der Waals surface area contributed by atoms with Gasteiger partial charge in [-0.15, -0.1) is 51.3 Å². The molecule has 4 atom stereocenters. The Morgan fingerprint density at radius 1 is 0.905 bits per heavy atom. The van der Waals surface area contributed by atoms with Crippen LogP contribution in [0.15, 0.2) is 61.4 Å². The number of anilines is 2. The van der Waals surface area contributed by atoms with Gasteiger partial charge in [0.25, 0.3) is 23.6 Å². The van der Waals surface area contributed by atoms with Gasteiger partial charge in [-0.25, -0.2) is 29.0 Å². The number of tetrazole rings is 1. The van der Waals surface area contributed by atoms with Gasteiger partial charge < -0.3 is 47.1 Å². The number of nitrogens with one attached hydrogen (secondary N) is 2. The minimum atomic E-state index is -1.30. The molecule has 4 aliphatic heterocycles. The average Bonchev–Trinajstić information content (AvgIpc) is 4.00. The van der Waals surface area contributed by atoms with Crippen LogP contribution in [0.2, 0.25) is 0 Å². The number of aliphatic carboxylic acids is 3. The number of allylic oxidation sites excluding steroid dienone is 1. The summed E-state index contributed by atoms with van der Waals surface area (Å²) in [6, 6.07) is -1.93. The third kappa shape index (κ3) is 9.74. The minimum Gasteiger partial charge on any atom is -0.479 e. The van der Waals surface area contributed by atoms with Gasteiger partial charge in [0.1, 0.15) is 52.7 Å². The van der Waals surface area contributed by atoms with Crippen LogP contribution in [0.3, 0.4) is 0 Å². The van der Waals surface area contributed by atoms with Crippen molar-refractivity contribution in [1.82, 2.24) is 50.6 Å². The first-order valence-electron chi connectivity index (χ1n) is 17.4. The molecule has 0 bridgehead atoms. The lowest BCUT2D eigenvalue weighted by Gasteiger charge is -2.49. The van der Waals surface area contributed by atoms with E-state index in [0.717, 1.165) is 27.6 Å². The molecule has 332 valence electrons. The quantitative estimate of drug-likeness (QED) is 0.0375. The van der Waals surface area contributed by atoms with Gasteiger partial charge >= 0.3 is 17.9 Å². The smallest absolute Gasteiger partial charge is 0.352 e. The highest BCUT2D eigenvalue weighted by molar-refractivity contribution is 8.01. The molecular formula is C32H32N14O12S5. The first-order valence-corrected chi connectivity index (χ1v) is 22.3. The van der Waals surface area contributed by atoms with Crippen LogP contribution in [0.25, 0.3) is 0 Å². The lowest BCUT2D eigenvalue weighted by molar-refractivity contribution is -0.150. The maximum Gasteiger partial charge on any atom is 0.352 e. The number of carbonyl (C=O) groups is 7. The molecule has 63 heavy (non-hydrogen) atoms. The van der Waals surface area contributed by atoms with Gasteiger partial charge in [0.05, 0.1) is 0 Å². The number of nitrogens with two attached hydrogens (primary N) is 2. The van der Waals surface area contributed by atoms with Crippen molar-refractivity contribution < 1.29 is 58.6 Å². The van der Waals surface area contributed by atoms with E-state index in [0.29, 0.717) is 33.6 Å². The molecule has 9 N–H and O–H groups in total. The Morgan fingerprint density at radius 3 is 1.90 bits per heavy atom. The first-order chi connectivity index (χ1) is 30.1. The van der Waals surface area contributed by atoms with Crippen LogP contribution >= 0.6 is 58.0 Å². The van der Waals surface area contributed by atoms with E-state index in [9.17, 15) is 43.8 Å². The molecule has 3 aromatic rings. The maximum absolute atomic E-state index is 12.9. The summed E-state index contributed by atoms with van der Waals surface area (Å²) in [6.07, 6.45) is 1.38. The van der Waals surface area contributed by atoms with Gasteiger partial charge in [-0.05, 0) is 21.6 Å². The molecule has 7 rings (SSSR count). The van der Waals surface area contributed by atoms with Gasteiger partial charge in [0, 0.05) is 35.1 Å². The van der Waals surface area contributed by atoms with Gasteiger partial charge in [-0.3, -0.25) is 29.0 Å². The van der Waals surface area contributed by atoms with Crippen molar-refractivity contribution in [2.75, 3.05) is 42.4 Å². The lowest BCUT2D eigenvalue weighted by atomic mass is 10.0. The van der Waals surface area contributed by atoms with Crippen LogP contribution in [0.5, 0.6) is 0 Å². The predicted molar refractivity (Wildman–Crippen MR) is 226 cm³/mol. The molecule has 0 unspecified atom stereocenters. The van der Waals surface area contributed by atoms with Crippen molar-refractivity contribution in [2.24, 2.45) is 17.4 Å². The van der Waals surface area contributed by atoms with Crippen LogP contribution in [0, 0.1) is 0 Å². The zero-order valence-electron chi connectivity index (χ0n) is 32.3. The number of carbonyl (C=O) groups excluding carboxylic acids is 4. The lowest BCUT2D eigenvalue weighted by Crippen LogP contribution is -2.71. The summed E-state index contributed by atoms with van der Waals surface area (Å²) < 4.78 is 1.47. The standard InChI is InChI=1S/C16H17N9O5S3.C16H15N5O7S2/c1-24-16(20-22-23-24)33-4-6-3-31-13-9(12(27)25(13)10(6)14(28)29)19-11(26)8(21-30-2)7-5-32-15(17)18-7;1-2-6-4-29-14-10(13(25)21(14)11(6)15(26)27)19-12(24)9(20-28-3-8(22)23)7-5-30-16(17)18-7/h5,9,13H,3-4H2,1-2H3,(H2,17,18)(H,19,26)(H,28,29);2,5,10,14H,1,3-4H2,(H2,17,18)(H,19,24)(H,22,23)(H,26,27)/b21-8-;20-9-/t9-,13-;10-,14-/m11/s1. The number of nitrogens with zero attached hydrogens (tertiary/aromatic N) is 10. The summed E-state index contributed by atoms with van der Waals surface area (Å²) in [4.78, 5) is 105. The van der Waals surface area contributed by atoms with Crippen molar-refractivity contribution in [1.29, 1.82) is 0 Å². The average molecular weight is 965 g/mol. The molecular weight excluding hydrogens is 933 g/mol. The number of amides is 4. The van der Waals surface area contributed by atoms with Crippen molar-refractivity contribution >= 4 is 121 Å². The van der Waals surface area contributed by atoms with Crippen LogP contribution in [-0.2, 0) is 50.3 Å². The van der Waals surface area contributed by atoms with Crippen LogP contribution < -0.4 is 22.1 Å². The molecule has 0 radical (unpaired) electrons. The number of carboxylic acids is 3. The Kier molecular flexibility index (Phi) is 14.3. The SMILES string of the molecule is C=CC1=C(C(=O)O)N2C(=O)[C@@H](NC(=O)/C(=N\OCC(=O)O)c3csc(N)n3)[C@H]2SC1.CO/N=C(\C(=O)N[C@@H]1C(=O)N2C(C(=O)O)=C(CSc3nnnn3C)CS[C@H]12)c1csc(N)n1. The largest absolute Gasteiger partial charge is 0.479 e. The second-order valence-electron chi connectivity index (χ2n) is 12.6. The number of aromatic nitrogens is 6. The highest BCUT2D eigenvalue weighted by Gasteiger charge is 2.55. The highest BCUT2D eigenvalue weighted by Crippen LogP contribution is 2.42. The molecule has 4 aliphatic rings. The van der Waals surface area contributed by atoms with Crippen LogP contribution in [0.4, 0.5) is 10.3 Å². The Labute approximate surface area is 373 Å². The molecule has 7 heterocycles. The number of rotatable bonds is 16. The second-order valence-corrected chi connectivity index (χ2v) is 17.5. The molecule has 0 spiro atoms. The number of nitrogen functional groups attached to an aromatic ring is 2. The summed E-state index contributed by atoms with van der Waals surface area (Å²) in [6.45, 7) is 2.77. The molecule has 31 heteroatoms. The molecule has 2 saturated heterocycles. The van der Waals surface area contributed by atoms with Crippen LogP contribution in [-0.4, -0.2) is 162 Å². The number of oxime groups is 2. The number of β-lactam (4-membered cyclic amide) rings is 2. The van der Waals surface area contributed by atoms with E-state index < -0.39 is 71.0 Å². The number of hydrogen-bond donors (Lipinski definition) is 7. The number of thiazole rings is 2. The first kappa shape index (κ1) is 45.9. The van der Waals surface area contributed by atoms with Crippen LogP contribution in [0.1, 0.15) is 11.4 Å². The normalized spacial score (nSPS) is 20.6. The van der Waals surface area contributed by atoms with E-state index in [-0.39, 0.29) is 44.5 Å². The minimum absolute atomic E-state index is 0.0420. The van der Waals surface area contributed by atoms with Gasteiger partial charge in [-0.2, -0.15) is 0 Å². The Balaban J connectivity index is 0.000000211. The fraction of sp³-hybridized carbons (Fsp3) is 0.312. The Morgan fingerprint density at radius 2 is 1.44 bits per heavy atom. The zero-order chi connectivity index (χ0) is 45.7. The molecule has 3 aromatic heterocycles. The van der Waals surface area contributed by atoms with E-state index in [1.165, 1.54) is 63.4 Å².